The molecular weight excluding hydrogens is 276 g/mol. The number of hydrogen-bond acceptors (Lipinski definition) is 4. The molecule has 0 aliphatic heterocycles. The molecule has 102 valence electrons. The van der Waals surface area contributed by atoms with Gasteiger partial charge in [0, 0.05) is 11.6 Å². The molecule has 3 rings (SSSR count). The van der Waals surface area contributed by atoms with Crippen LogP contribution in [0.3, 0.4) is 0 Å². The smallest absolute Gasteiger partial charge is 0.295 e. The summed E-state index contributed by atoms with van der Waals surface area (Å²) in [7, 11) is -3.73. The van der Waals surface area contributed by atoms with E-state index < -0.39 is 10.0 Å². The molecule has 0 unspecified atom stereocenters. The van der Waals surface area contributed by atoms with Crippen LogP contribution in [0.15, 0.2) is 58.4 Å². The fraction of sp³-hybridized carbons (Fsp3) is 0.0714. The molecule has 0 saturated carbocycles. The second-order valence-electron chi connectivity index (χ2n) is 4.37. The topological polar surface area (TPSA) is 72.2 Å². The lowest BCUT2D eigenvalue weighted by Gasteiger charge is -2.09. The first-order valence-corrected chi connectivity index (χ1v) is 7.47. The zero-order valence-electron chi connectivity index (χ0n) is 10.7. The summed E-state index contributed by atoms with van der Waals surface area (Å²) in [5.41, 5.74) is 2.08. The quantitative estimate of drug-likeness (QED) is 0.804. The standard InChI is InChI=1S/C14H12N2O3S/c1-10-6-7-12(14-11(10)4-2-8-15-14)16-20(17,18)13-5-3-9-19-13/h2-9,16H,1H3. The highest BCUT2D eigenvalue weighted by molar-refractivity contribution is 7.92. The van der Waals surface area contributed by atoms with Crippen LogP contribution in [0.4, 0.5) is 5.69 Å². The van der Waals surface area contributed by atoms with Gasteiger partial charge in [-0.2, -0.15) is 8.42 Å². The van der Waals surface area contributed by atoms with E-state index in [4.69, 9.17) is 4.42 Å². The van der Waals surface area contributed by atoms with Crippen molar-refractivity contribution in [2.45, 2.75) is 12.0 Å². The molecule has 20 heavy (non-hydrogen) atoms. The van der Waals surface area contributed by atoms with Crippen LogP contribution in [0, 0.1) is 6.92 Å². The lowest BCUT2D eigenvalue weighted by atomic mass is 10.1. The van der Waals surface area contributed by atoms with Gasteiger partial charge in [0.25, 0.3) is 10.0 Å². The average Bonchev–Trinajstić information content (AvgIpc) is 2.97. The third-order valence-corrected chi connectivity index (χ3v) is 4.24. The Morgan fingerprint density at radius 1 is 1.15 bits per heavy atom. The van der Waals surface area contributed by atoms with Gasteiger partial charge in [-0.15, -0.1) is 0 Å². The van der Waals surface area contributed by atoms with Gasteiger partial charge in [-0.3, -0.25) is 9.71 Å². The largest absolute Gasteiger partial charge is 0.451 e. The molecule has 1 aromatic carbocycles. The third kappa shape index (κ3) is 2.14. The van der Waals surface area contributed by atoms with E-state index in [-0.39, 0.29) is 5.09 Å². The van der Waals surface area contributed by atoms with E-state index in [1.807, 2.05) is 25.1 Å². The number of fused-ring (bicyclic) bond motifs is 1. The fourth-order valence-corrected chi connectivity index (χ4v) is 3.00. The highest BCUT2D eigenvalue weighted by atomic mass is 32.2. The second kappa shape index (κ2) is 4.64. The SMILES string of the molecule is Cc1ccc(NS(=O)(=O)c2ccco2)c2ncccc12. The summed E-state index contributed by atoms with van der Waals surface area (Å²) < 4.78 is 31.8. The summed E-state index contributed by atoms with van der Waals surface area (Å²) in [6, 6.07) is 10.2. The Morgan fingerprint density at radius 2 is 2.00 bits per heavy atom. The van der Waals surface area contributed by atoms with Crippen molar-refractivity contribution in [3.8, 4) is 0 Å². The van der Waals surface area contributed by atoms with E-state index >= 15 is 0 Å². The van der Waals surface area contributed by atoms with Gasteiger partial charge in [0.15, 0.2) is 0 Å². The van der Waals surface area contributed by atoms with Crippen molar-refractivity contribution < 1.29 is 12.8 Å². The van der Waals surface area contributed by atoms with Crippen molar-refractivity contribution >= 4 is 26.6 Å². The first-order chi connectivity index (χ1) is 9.58. The van der Waals surface area contributed by atoms with Crippen LogP contribution in [0.1, 0.15) is 5.56 Å². The van der Waals surface area contributed by atoms with Crippen molar-refractivity contribution in [1.29, 1.82) is 0 Å². The molecule has 0 radical (unpaired) electrons. The van der Waals surface area contributed by atoms with Crippen molar-refractivity contribution in [3.63, 3.8) is 0 Å². The lowest BCUT2D eigenvalue weighted by Crippen LogP contribution is -2.12. The molecule has 0 aliphatic carbocycles. The highest BCUT2D eigenvalue weighted by Crippen LogP contribution is 2.26. The molecule has 2 heterocycles. The molecule has 0 spiro atoms. The Hall–Kier alpha value is -2.34. The number of furan rings is 1. The van der Waals surface area contributed by atoms with Gasteiger partial charge in [-0.1, -0.05) is 12.1 Å². The Labute approximate surface area is 116 Å². The van der Waals surface area contributed by atoms with Crippen molar-refractivity contribution in [2.24, 2.45) is 0 Å². The van der Waals surface area contributed by atoms with Gasteiger partial charge in [-0.05, 0) is 36.8 Å². The van der Waals surface area contributed by atoms with E-state index in [0.717, 1.165) is 10.9 Å². The van der Waals surface area contributed by atoms with Gasteiger partial charge in [0.1, 0.15) is 0 Å². The zero-order valence-corrected chi connectivity index (χ0v) is 11.5. The minimum atomic E-state index is -3.73. The zero-order chi connectivity index (χ0) is 14.2. The number of nitrogens with one attached hydrogen (secondary N) is 1. The maximum absolute atomic E-state index is 12.2. The molecule has 0 saturated heterocycles. The summed E-state index contributed by atoms with van der Waals surface area (Å²) in [6.45, 7) is 1.95. The number of nitrogens with zero attached hydrogens (tertiary/aromatic N) is 1. The molecule has 3 aromatic rings. The average molecular weight is 288 g/mol. The van der Waals surface area contributed by atoms with Gasteiger partial charge >= 0.3 is 0 Å². The maximum Gasteiger partial charge on any atom is 0.295 e. The number of aromatic nitrogens is 1. The number of anilines is 1. The third-order valence-electron chi connectivity index (χ3n) is 2.99. The minimum absolute atomic E-state index is 0.123. The van der Waals surface area contributed by atoms with Crippen LogP contribution < -0.4 is 4.72 Å². The normalized spacial score (nSPS) is 11.7. The Bertz CT molecular complexity index is 855. The minimum Gasteiger partial charge on any atom is -0.451 e. The van der Waals surface area contributed by atoms with Gasteiger partial charge in [-0.25, -0.2) is 0 Å². The molecule has 0 bridgehead atoms. The van der Waals surface area contributed by atoms with Crippen LogP contribution in [0.5, 0.6) is 0 Å². The van der Waals surface area contributed by atoms with Crippen LogP contribution in [-0.4, -0.2) is 13.4 Å². The predicted molar refractivity (Wildman–Crippen MR) is 76.0 cm³/mol. The van der Waals surface area contributed by atoms with Crippen LogP contribution in [0.25, 0.3) is 10.9 Å². The molecule has 1 N–H and O–H groups in total. The van der Waals surface area contributed by atoms with Gasteiger partial charge in [0.2, 0.25) is 5.09 Å². The van der Waals surface area contributed by atoms with Crippen LogP contribution >= 0.6 is 0 Å². The number of benzene rings is 1. The van der Waals surface area contributed by atoms with E-state index in [0.29, 0.717) is 11.2 Å². The van der Waals surface area contributed by atoms with Gasteiger partial charge < -0.3 is 4.42 Å². The number of pyridine rings is 1. The number of rotatable bonds is 3. The Kier molecular flexibility index (Phi) is 2.94. The molecule has 0 amide bonds. The summed E-state index contributed by atoms with van der Waals surface area (Å²) in [4.78, 5) is 4.25. The first-order valence-electron chi connectivity index (χ1n) is 5.98. The van der Waals surface area contributed by atoms with Gasteiger partial charge in [0.05, 0.1) is 17.5 Å². The second-order valence-corrected chi connectivity index (χ2v) is 5.98. The maximum atomic E-state index is 12.2. The van der Waals surface area contributed by atoms with E-state index in [1.165, 1.54) is 18.4 Å². The van der Waals surface area contributed by atoms with Crippen molar-refractivity contribution in [1.82, 2.24) is 4.98 Å². The van der Waals surface area contributed by atoms with Crippen LogP contribution in [0.2, 0.25) is 0 Å². The Morgan fingerprint density at radius 3 is 2.75 bits per heavy atom. The van der Waals surface area contributed by atoms with Crippen LogP contribution in [-0.2, 0) is 10.0 Å². The summed E-state index contributed by atoms with van der Waals surface area (Å²) in [5.74, 6) is 0. The Balaban J connectivity index is 2.11. The first kappa shape index (κ1) is 12.7. The lowest BCUT2D eigenvalue weighted by molar-refractivity contribution is 0.452. The molecular formula is C14H12N2O3S. The number of sulfonamides is 1. The number of aryl methyl sites for hydroxylation is 1. The molecule has 5 nitrogen and oxygen atoms in total. The molecule has 2 aromatic heterocycles. The van der Waals surface area contributed by atoms with Crippen molar-refractivity contribution in [2.75, 3.05) is 4.72 Å². The molecule has 6 heteroatoms. The fourth-order valence-electron chi connectivity index (χ4n) is 2.01. The summed E-state index contributed by atoms with van der Waals surface area (Å²) in [6.07, 6.45) is 2.95. The highest BCUT2D eigenvalue weighted by Gasteiger charge is 2.18. The van der Waals surface area contributed by atoms with Crippen molar-refractivity contribution in [3.05, 3.63) is 54.4 Å². The summed E-state index contributed by atoms with van der Waals surface area (Å²) >= 11 is 0. The van der Waals surface area contributed by atoms with E-state index in [2.05, 4.69) is 9.71 Å². The molecule has 0 atom stereocenters. The molecule has 0 fully saturated rings. The predicted octanol–water partition coefficient (Wildman–Crippen LogP) is 2.94. The van der Waals surface area contributed by atoms with E-state index in [9.17, 15) is 8.42 Å². The summed E-state index contributed by atoms with van der Waals surface area (Å²) in [5, 5.41) is 0.786. The number of hydrogen-bond donors (Lipinski definition) is 1. The molecule has 0 aliphatic rings. The monoisotopic (exact) mass is 288 g/mol. The van der Waals surface area contributed by atoms with E-state index in [1.54, 1.807) is 12.3 Å².